The molecule has 1 aliphatic rings. The van der Waals surface area contributed by atoms with Crippen LogP contribution in [0.3, 0.4) is 0 Å². The predicted octanol–water partition coefficient (Wildman–Crippen LogP) is 5.36. The number of hydrogen-bond acceptors (Lipinski definition) is 1. The van der Waals surface area contributed by atoms with Gasteiger partial charge in [0.2, 0.25) is 5.92 Å². The highest BCUT2D eigenvalue weighted by Crippen LogP contribution is 2.49. The molecule has 0 atom stereocenters. The van der Waals surface area contributed by atoms with Gasteiger partial charge in [-0.15, -0.1) is 11.8 Å². The first-order valence-electron chi connectivity index (χ1n) is 5.09. The van der Waals surface area contributed by atoms with Crippen molar-refractivity contribution in [3.8, 4) is 0 Å². The molecule has 1 aromatic rings. The van der Waals surface area contributed by atoms with E-state index >= 15 is 0 Å². The fourth-order valence-corrected chi connectivity index (χ4v) is 3.73. The summed E-state index contributed by atoms with van der Waals surface area (Å²) in [4.78, 5) is -0.00243. The van der Waals surface area contributed by atoms with Crippen LogP contribution in [0.2, 0.25) is 0 Å². The van der Waals surface area contributed by atoms with E-state index in [9.17, 15) is 22.0 Å². The first kappa shape index (κ1) is 14.1. The Bertz CT molecular complexity index is 449. The minimum Gasteiger partial charge on any atom is -0.207 e. The van der Waals surface area contributed by atoms with Gasteiger partial charge in [0.1, 0.15) is 0 Å². The van der Waals surface area contributed by atoms with Crippen LogP contribution in [-0.2, 0) is 6.18 Å². The van der Waals surface area contributed by atoms with Crippen LogP contribution >= 0.6 is 27.7 Å². The van der Waals surface area contributed by atoms with Crippen molar-refractivity contribution < 1.29 is 22.0 Å². The first-order chi connectivity index (χ1) is 8.17. The van der Waals surface area contributed by atoms with Crippen molar-refractivity contribution in [2.75, 3.05) is 0 Å². The molecule has 0 radical (unpaired) electrons. The highest BCUT2D eigenvalue weighted by molar-refractivity contribution is 9.10. The topological polar surface area (TPSA) is 0 Å². The lowest BCUT2D eigenvalue weighted by Gasteiger charge is -2.34. The number of hydrogen-bond donors (Lipinski definition) is 0. The molecule has 0 saturated heterocycles. The van der Waals surface area contributed by atoms with Gasteiger partial charge in [0.15, 0.2) is 0 Å². The quantitative estimate of drug-likeness (QED) is 0.649. The third-order valence-corrected chi connectivity index (χ3v) is 4.35. The van der Waals surface area contributed by atoms with Crippen LogP contribution in [0.5, 0.6) is 0 Å². The summed E-state index contributed by atoms with van der Waals surface area (Å²) in [6.07, 6.45) is -5.18. The van der Waals surface area contributed by atoms with Gasteiger partial charge >= 0.3 is 6.18 Å². The molecule has 0 spiro atoms. The molecule has 0 aromatic heterocycles. The molecule has 1 aromatic carbocycles. The normalized spacial score (nSPS) is 19.7. The molecule has 1 saturated carbocycles. The summed E-state index contributed by atoms with van der Waals surface area (Å²) in [5.41, 5.74) is -0.772. The van der Waals surface area contributed by atoms with Crippen molar-refractivity contribution in [3.05, 3.63) is 28.2 Å². The van der Waals surface area contributed by atoms with E-state index in [-0.39, 0.29) is 17.7 Å². The van der Waals surface area contributed by atoms with Crippen LogP contribution in [-0.4, -0.2) is 11.2 Å². The van der Waals surface area contributed by atoms with E-state index in [0.29, 0.717) is 4.47 Å². The largest absolute Gasteiger partial charge is 0.417 e. The number of halogens is 6. The monoisotopic (exact) mass is 346 g/mol. The molecule has 0 bridgehead atoms. The van der Waals surface area contributed by atoms with Gasteiger partial charge in [-0.25, -0.2) is 8.78 Å². The maximum atomic E-state index is 12.7. The lowest BCUT2D eigenvalue weighted by atomic mass is 9.94. The van der Waals surface area contributed by atoms with Crippen LogP contribution in [0.15, 0.2) is 27.6 Å². The standard InChI is InChI=1S/C11H8BrF5S/c12-6-1-2-8(11(15,16)17)9(3-6)18-7-4-10(13,14)5-7/h1-3,7H,4-5H2. The maximum Gasteiger partial charge on any atom is 0.417 e. The summed E-state index contributed by atoms with van der Waals surface area (Å²) in [5, 5.41) is -0.449. The van der Waals surface area contributed by atoms with Gasteiger partial charge in [0.25, 0.3) is 0 Å². The molecular formula is C11H8BrF5S. The Morgan fingerprint density at radius 3 is 2.33 bits per heavy atom. The van der Waals surface area contributed by atoms with Gasteiger partial charge < -0.3 is 0 Å². The SMILES string of the molecule is FC1(F)CC(Sc2cc(Br)ccc2C(F)(F)F)C1. The van der Waals surface area contributed by atoms with E-state index in [4.69, 9.17) is 0 Å². The summed E-state index contributed by atoms with van der Waals surface area (Å²) in [6.45, 7) is 0. The van der Waals surface area contributed by atoms with Crippen molar-refractivity contribution in [2.24, 2.45) is 0 Å². The molecule has 100 valence electrons. The van der Waals surface area contributed by atoms with Gasteiger partial charge in [-0.3, -0.25) is 0 Å². The molecule has 1 fully saturated rings. The fourth-order valence-electron chi connectivity index (χ4n) is 1.70. The number of rotatable bonds is 2. The molecule has 18 heavy (non-hydrogen) atoms. The molecule has 0 heterocycles. The lowest BCUT2D eigenvalue weighted by molar-refractivity contribution is -0.139. The summed E-state index contributed by atoms with van der Waals surface area (Å²) in [6, 6.07) is 3.58. The van der Waals surface area contributed by atoms with Crippen LogP contribution in [0.25, 0.3) is 0 Å². The number of alkyl halides is 5. The van der Waals surface area contributed by atoms with Crippen molar-refractivity contribution in [1.82, 2.24) is 0 Å². The zero-order chi connectivity index (χ0) is 13.6. The van der Waals surface area contributed by atoms with E-state index in [0.717, 1.165) is 17.8 Å². The molecule has 0 aliphatic heterocycles. The maximum absolute atomic E-state index is 12.7. The minimum atomic E-state index is -4.46. The zero-order valence-corrected chi connectivity index (χ0v) is 11.3. The lowest BCUT2D eigenvalue weighted by Crippen LogP contribution is -2.37. The highest BCUT2D eigenvalue weighted by atomic mass is 79.9. The molecule has 7 heteroatoms. The molecule has 0 N–H and O–H groups in total. The summed E-state index contributed by atoms with van der Waals surface area (Å²) >= 11 is 3.96. The fraction of sp³-hybridized carbons (Fsp3) is 0.455. The van der Waals surface area contributed by atoms with Crippen LogP contribution in [0.1, 0.15) is 18.4 Å². The van der Waals surface area contributed by atoms with E-state index in [1.54, 1.807) is 0 Å². The Labute approximate surface area is 113 Å². The Hall–Kier alpha value is -0.300. The minimum absolute atomic E-state index is 0.00243. The highest BCUT2D eigenvalue weighted by Gasteiger charge is 2.46. The first-order valence-corrected chi connectivity index (χ1v) is 6.76. The van der Waals surface area contributed by atoms with E-state index in [2.05, 4.69) is 15.9 Å². The second kappa shape index (κ2) is 4.67. The average molecular weight is 347 g/mol. The zero-order valence-electron chi connectivity index (χ0n) is 8.90. The van der Waals surface area contributed by atoms with Crippen LogP contribution in [0.4, 0.5) is 22.0 Å². The second-order valence-electron chi connectivity index (χ2n) is 4.14. The molecular weight excluding hydrogens is 339 g/mol. The van der Waals surface area contributed by atoms with Crippen molar-refractivity contribution in [1.29, 1.82) is 0 Å². The Morgan fingerprint density at radius 2 is 1.83 bits per heavy atom. The van der Waals surface area contributed by atoms with E-state index < -0.39 is 22.9 Å². The van der Waals surface area contributed by atoms with Gasteiger partial charge in [0, 0.05) is 27.5 Å². The van der Waals surface area contributed by atoms with Crippen LogP contribution in [0, 0.1) is 0 Å². The summed E-state index contributed by atoms with van der Waals surface area (Å²) in [7, 11) is 0. The van der Waals surface area contributed by atoms with Crippen molar-refractivity contribution in [2.45, 2.75) is 35.1 Å². The molecule has 0 nitrogen and oxygen atoms in total. The third kappa shape index (κ3) is 3.17. The summed E-state index contributed by atoms with van der Waals surface area (Å²) in [5.74, 6) is -2.72. The third-order valence-electron chi connectivity index (χ3n) is 2.60. The Balaban J connectivity index is 2.19. The molecule has 1 aliphatic carbocycles. The smallest absolute Gasteiger partial charge is 0.207 e. The van der Waals surface area contributed by atoms with Gasteiger partial charge in [-0.05, 0) is 18.2 Å². The van der Waals surface area contributed by atoms with Crippen molar-refractivity contribution in [3.63, 3.8) is 0 Å². The Morgan fingerprint density at radius 1 is 1.22 bits per heavy atom. The van der Waals surface area contributed by atoms with Crippen molar-refractivity contribution >= 4 is 27.7 Å². The summed E-state index contributed by atoms with van der Waals surface area (Å²) < 4.78 is 64.0. The van der Waals surface area contributed by atoms with Gasteiger partial charge in [-0.1, -0.05) is 15.9 Å². The van der Waals surface area contributed by atoms with Crippen LogP contribution < -0.4 is 0 Å². The predicted molar refractivity (Wildman–Crippen MR) is 63.0 cm³/mol. The Kier molecular flexibility index (Phi) is 3.66. The number of thioether (sulfide) groups is 1. The van der Waals surface area contributed by atoms with Gasteiger partial charge in [-0.2, -0.15) is 13.2 Å². The van der Waals surface area contributed by atoms with Gasteiger partial charge in [0.05, 0.1) is 5.56 Å². The molecule has 0 amide bonds. The number of benzene rings is 1. The van der Waals surface area contributed by atoms with E-state index in [1.165, 1.54) is 12.1 Å². The average Bonchev–Trinajstić information content (AvgIpc) is 2.12. The molecule has 0 unspecified atom stereocenters. The molecule has 2 rings (SSSR count). The van der Waals surface area contributed by atoms with E-state index in [1.807, 2.05) is 0 Å². The second-order valence-corrected chi connectivity index (χ2v) is 6.40.